The molecular formula is C9H19Br5Si3. The molecule has 0 atom stereocenters. The van der Waals surface area contributed by atoms with Crippen LogP contribution in [0.25, 0.3) is 0 Å². The molecule has 1 heterocycles. The van der Waals surface area contributed by atoms with Crippen LogP contribution in [0.1, 0.15) is 0 Å². The van der Waals surface area contributed by atoms with Gasteiger partial charge in [0.15, 0.2) is 0 Å². The lowest BCUT2D eigenvalue weighted by Crippen LogP contribution is -2.73. The standard InChI is InChI=1S/C9H19Br5Si3/c1-15(2)6-17(5,8(10,11)12)7-16(3,4)9(15,13)14/h6-7H2,1-5H3. The summed E-state index contributed by atoms with van der Waals surface area (Å²) in [5.41, 5.74) is 2.82. The highest BCUT2D eigenvalue weighted by Crippen LogP contribution is 2.59. The van der Waals surface area contributed by atoms with Crippen molar-refractivity contribution in [3.63, 3.8) is 0 Å². The molecule has 0 aliphatic carbocycles. The Morgan fingerprint density at radius 1 is 0.824 bits per heavy atom. The van der Waals surface area contributed by atoms with Crippen molar-refractivity contribution < 1.29 is 0 Å². The number of rotatable bonds is 0. The third-order valence-corrected chi connectivity index (χ3v) is 47.7. The van der Waals surface area contributed by atoms with E-state index in [1.807, 2.05) is 0 Å². The van der Waals surface area contributed by atoms with Crippen molar-refractivity contribution in [2.24, 2.45) is 0 Å². The maximum atomic E-state index is 4.07. The molecule has 0 spiro atoms. The molecule has 1 rings (SSSR count). The van der Waals surface area contributed by atoms with Gasteiger partial charge in [-0.2, -0.15) is 0 Å². The summed E-state index contributed by atoms with van der Waals surface area (Å²) in [7, 11) is -4.05. The van der Waals surface area contributed by atoms with Gasteiger partial charge in [-0.25, -0.2) is 0 Å². The summed E-state index contributed by atoms with van der Waals surface area (Å²) in [5.74, 6) is 0. The van der Waals surface area contributed by atoms with Crippen LogP contribution >= 0.6 is 79.6 Å². The van der Waals surface area contributed by atoms with E-state index in [2.05, 4.69) is 112 Å². The molecule has 17 heavy (non-hydrogen) atoms. The number of hydrogen-bond donors (Lipinski definition) is 0. The Bertz CT molecular complexity index is 301. The van der Waals surface area contributed by atoms with Crippen molar-refractivity contribution in [2.75, 3.05) is 0 Å². The predicted octanol–water partition coefficient (Wildman–Crippen LogP) is 6.52. The summed E-state index contributed by atoms with van der Waals surface area (Å²) in [6, 6.07) is 0. The summed E-state index contributed by atoms with van der Waals surface area (Å²) in [5, 5.41) is 0. The average molecular weight is 611 g/mol. The highest BCUT2D eigenvalue weighted by Gasteiger charge is 2.65. The maximum Gasteiger partial charge on any atom is 0.123 e. The smallest absolute Gasteiger partial charge is 0.0803 e. The lowest BCUT2D eigenvalue weighted by atomic mass is 11.6. The maximum absolute atomic E-state index is 4.07. The van der Waals surface area contributed by atoms with E-state index in [4.69, 9.17) is 0 Å². The zero-order valence-corrected chi connectivity index (χ0v) is 21.7. The minimum Gasteiger partial charge on any atom is -0.0803 e. The average Bonchev–Trinajstić information content (AvgIpc) is 1.96. The minimum atomic E-state index is -1.38. The van der Waals surface area contributed by atoms with Gasteiger partial charge < -0.3 is 0 Å². The molecule has 0 amide bonds. The lowest BCUT2D eigenvalue weighted by Gasteiger charge is -2.58. The molecule has 102 valence electrons. The van der Waals surface area contributed by atoms with Gasteiger partial charge in [0.25, 0.3) is 0 Å². The Balaban J connectivity index is 3.26. The summed E-state index contributed by atoms with van der Waals surface area (Å²) in [4.78, 5) is 0. The quantitative estimate of drug-likeness (QED) is 0.217. The van der Waals surface area contributed by atoms with Gasteiger partial charge in [0.2, 0.25) is 0 Å². The molecule has 1 aliphatic heterocycles. The van der Waals surface area contributed by atoms with Crippen LogP contribution < -0.4 is 0 Å². The van der Waals surface area contributed by atoms with Crippen molar-refractivity contribution in [1.29, 1.82) is 0 Å². The van der Waals surface area contributed by atoms with E-state index in [0.29, 0.717) is 0 Å². The fourth-order valence-electron chi connectivity index (χ4n) is 3.35. The monoisotopic (exact) mass is 606 g/mol. The number of halogens is 5. The predicted molar refractivity (Wildman–Crippen MR) is 106 cm³/mol. The molecule has 0 bridgehead atoms. The van der Waals surface area contributed by atoms with Crippen LogP contribution in [0.4, 0.5) is 0 Å². The van der Waals surface area contributed by atoms with Gasteiger partial charge in [-0.05, 0) is 0 Å². The van der Waals surface area contributed by atoms with E-state index in [0.717, 1.165) is 0 Å². The first-order valence-electron chi connectivity index (χ1n) is 5.61. The van der Waals surface area contributed by atoms with Crippen molar-refractivity contribution in [1.82, 2.24) is 0 Å². The summed E-state index contributed by atoms with van der Waals surface area (Å²) in [6.45, 7) is 12.6. The SMILES string of the molecule is C[Si]1(C)C[Si](C)(C(Br)(Br)Br)C[Si](C)(C)C1(Br)Br. The van der Waals surface area contributed by atoms with E-state index in [1.165, 1.54) is 11.3 Å². The lowest BCUT2D eigenvalue weighted by molar-refractivity contribution is 1.28. The highest BCUT2D eigenvalue weighted by atomic mass is 80.0. The van der Waals surface area contributed by atoms with E-state index >= 15 is 0 Å². The Kier molecular flexibility index (Phi) is 5.38. The second-order valence-corrected chi connectivity index (χ2v) is 38.3. The third kappa shape index (κ3) is 3.13. The fourth-order valence-corrected chi connectivity index (χ4v) is 45.5. The van der Waals surface area contributed by atoms with E-state index in [9.17, 15) is 0 Å². The first kappa shape index (κ1) is 18.1. The van der Waals surface area contributed by atoms with Crippen LogP contribution in [0.3, 0.4) is 0 Å². The third-order valence-electron chi connectivity index (χ3n) is 4.05. The van der Waals surface area contributed by atoms with E-state index in [1.54, 1.807) is 0 Å². The normalized spacial score (nSPS) is 30.0. The number of hydrogen-bond acceptors (Lipinski definition) is 0. The van der Waals surface area contributed by atoms with Crippen LogP contribution in [0, 0.1) is 0 Å². The molecule has 0 aromatic heterocycles. The molecular weight excluding hydrogens is 592 g/mol. The van der Waals surface area contributed by atoms with Gasteiger partial charge in [-0.15, -0.1) is 0 Å². The fraction of sp³-hybridized carbons (Fsp3) is 1.00. The summed E-state index contributed by atoms with van der Waals surface area (Å²) >= 11 is 19.7. The van der Waals surface area contributed by atoms with Gasteiger partial charge in [0.05, 0.1) is 26.7 Å². The van der Waals surface area contributed by atoms with Crippen molar-refractivity contribution in [3.8, 4) is 0 Å². The topological polar surface area (TPSA) is 0 Å². The first-order chi connectivity index (χ1) is 7.16. The summed E-state index contributed by atoms with van der Waals surface area (Å²) < 4.78 is 0.260. The zero-order valence-electron chi connectivity index (χ0n) is 10.8. The molecule has 1 aliphatic rings. The molecule has 1 fully saturated rings. The first-order valence-corrected chi connectivity index (χ1v) is 18.9. The van der Waals surface area contributed by atoms with Crippen LogP contribution in [-0.4, -0.2) is 28.5 Å². The molecule has 0 saturated carbocycles. The second-order valence-electron chi connectivity index (χ2n) is 6.75. The van der Waals surface area contributed by atoms with Crippen LogP contribution in [0.5, 0.6) is 0 Å². The van der Waals surface area contributed by atoms with Gasteiger partial charge in [-0.1, -0.05) is 124 Å². The Morgan fingerprint density at radius 3 is 1.35 bits per heavy atom. The summed E-state index contributed by atoms with van der Waals surface area (Å²) in [6.07, 6.45) is 0. The second kappa shape index (κ2) is 5.05. The van der Waals surface area contributed by atoms with Crippen molar-refractivity contribution in [3.05, 3.63) is 0 Å². The minimum absolute atomic E-state index is 0.00889. The van der Waals surface area contributed by atoms with Crippen molar-refractivity contribution >= 4 is 104 Å². The van der Waals surface area contributed by atoms with Crippen LogP contribution in [0.2, 0.25) is 44.1 Å². The Hall–Kier alpha value is 3.05. The van der Waals surface area contributed by atoms with Crippen molar-refractivity contribution in [2.45, 2.75) is 48.3 Å². The molecule has 8 heteroatoms. The van der Waals surface area contributed by atoms with Crippen LogP contribution in [0.15, 0.2) is 0 Å². The molecule has 0 unspecified atom stereocenters. The van der Waals surface area contributed by atoms with Gasteiger partial charge in [-0.3, -0.25) is 0 Å². The molecule has 0 aromatic rings. The zero-order chi connectivity index (χ0) is 13.9. The van der Waals surface area contributed by atoms with Gasteiger partial charge in [0, 0.05) is 0 Å². The Morgan fingerprint density at radius 2 is 1.12 bits per heavy atom. The van der Waals surface area contributed by atoms with Gasteiger partial charge >= 0.3 is 0 Å². The van der Waals surface area contributed by atoms with E-state index < -0.39 is 24.2 Å². The molecule has 0 aromatic carbocycles. The number of alkyl halides is 5. The highest BCUT2D eigenvalue weighted by molar-refractivity contribution is 9.40. The molecule has 0 N–H and O–H groups in total. The van der Waals surface area contributed by atoms with Crippen LogP contribution in [-0.2, 0) is 0 Å². The molecule has 0 radical (unpaired) electrons. The molecule has 0 nitrogen and oxygen atoms in total. The Labute approximate surface area is 150 Å². The van der Waals surface area contributed by atoms with E-state index in [-0.39, 0.29) is 4.25 Å². The molecule has 1 saturated heterocycles. The van der Waals surface area contributed by atoms with Gasteiger partial charge in [0.1, 0.15) is 1.77 Å². The largest absolute Gasteiger partial charge is 0.123 e.